The largest absolute Gasteiger partial charge is 0.464 e. The van der Waals surface area contributed by atoms with Gasteiger partial charge in [0.15, 0.2) is 0 Å². The van der Waals surface area contributed by atoms with E-state index in [2.05, 4.69) is 5.32 Å². The van der Waals surface area contributed by atoms with Gasteiger partial charge in [-0.2, -0.15) is 0 Å². The molecule has 1 atom stereocenters. The lowest BCUT2D eigenvalue weighted by molar-refractivity contribution is -0.146. The Morgan fingerprint density at radius 2 is 2.05 bits per heavy atom. The fourth-order valence-electron chi connectivity index (χ4n) is 1.93. The van der Waals surface area contributed by atoms with Crippen LogP contribution in [-0.4, -0.2) is 66.4 Å². The van der Waals surface area contributed by atoms with Crippen LogP contribution < -0.4 is 5.32 Å². The van der Waals surface area contributed by atoms with Crippen molar-refractivity contribution in [1.82, 2.24) is 15.1 Å². The van der Waals surface area contributed by atoms with E-state index in [4.69, 9.17) is 4.74 Å². The second-order valence-electron chi connectivity index (χ2n) is 4.83. The number of hydrogen-bond acceptors (Lipinski definition) is 5. The third-order valence-corrected chi connectivity index (χ3v) is 3.03. The zero-order chi connectivity index (χ0) is 16.0. The number of ether oxygens (including phenoxy) is 1. The third kappa shape index (κ3) is 4.73. The van der Waals surface area contributed by atoms with Crippen molar-refractivity contribution in [2.75, 3.05) is 26.7 Å². The summed E-state index contributed by atoms with van der Waals surface area (Å²) in [5.41, 5.74) is 0. The van der Waals surface area contributed by atoms with Crippen LogP contribution in [0, 0.1) is 0 Å². The number of esters is 1. The molecular weight excluding hydrogens is 278 g/mol. The molecule has 0 radical (unpaired) electrons. The number of amides is 4. The highest BCUT2D eigenvalue weighted by Crippen LogP contribution is 2.09. The molecule has 0 spiro atoms. The minimum atomic E-state index is -0.710. The molecule has 1 N–H and O–H groups in total. The third-order valence-electron chi connectivity index (χ3n) is 3.03. The number of urea groups is 1. The molecule has 0 aromatic heterocycles. The predicted molar refractivity (Wildman–Crippen MR) is 73.2 cm³/mol. The number of nitrogens with zero attached hydrogens (tertiary/aromatic N) is 2. The molecule has 4 amide bonds. The Hall–Kier alpha value is -2.12. The number of carbonyl (C=O) groups is 4. The van der Waals surface area contributed by atoms with E-state index in [0.717, 1.165) is 4.90 Å². The number of rotatable bonds is 7. The van der Waals surface area contributed by atoms with Crippen LogP contribution in [0.3, 0.4) is 0 Å². The summed E-state index contributed by atoms with van der Waals surface area (Å²) in [5.74, 6) is -1.07. The first-order chi connectivity index (χ1) is 9.86. The maximum atomic E-state index is 11.6. The highest BCUT2D eigenvalue weighted by molar-refractivity contribution is 6.01. The van der Waals surface area contributed by atoms with Crippen molar-refractivity contribution in [3.63, 3.8) is 0 Å². The lowest BCUT2D eigenvalue weighted by Crippen LogP contribution is -2.40. The maximum Gasteiger partial charge on any atom is 0.328 e. The molecular formula is C13H21N3O5. The second kappa shape index (κ2) is 7.61. The van der Waals surface area contributed by atoms with Crippen molar-refractivity contribution in [1.29, 1.82) is 0 Å². The Bertz CT molecular complexity index is 438. The summed E-state index contributed by atoms with van der Waals surface area (Å²) in [7, 11) is 1.55. The Morgan fingerprint density at radius 3 is 2.57 bits per heavy atom. The van der Waals surface area contributed by atoms with Crippen LogP contribution in [0.25, 0.3) is 0 Å². The second-order valence-corrected chi connectivity index (χ2v) is 4.83. The van der Waals surface area contributed by atoms with E-state index in [0.29, 0.717) is 6.42 Å². The number of carbonyl (C=O) groups excluding carboxylic acids is 4. The molecule has 8 nitrogen and oxygen atoms in total. The average Bonchev–Trinajstić information content (AvgIpc) is 2.65. The summed E-state index contributed by atoms with van der Waals surface area (Å²) < 4.78 is 4.77. The van der Waals surface area contributed by atoms with Crippen molar-refractivity contribution >= 4 is 23.8 Å². The number of nitrogens with one attached hydrogen (secondary N) is 1. The molecule has 1 rings (SSSR count). The molecule has 118 valence electrons. The van der Waals surface area contributed by atoms with Crippen molar-refractivity contribution in [3.05, 3.63) is 0 Å². The van der Waals surface area contributed by atoms with E-state index in [1.165, 1.54) is 4.90 Å². The van der Waals surface area contributed by atoms with Gasteiger partial charge in [-0.3, -0.25) is 14.5 Å². The zero-order valence-electron chi connectivity index (χ0n) is 12.5. The molecule has 8 heteroatoms. The monoisotopic (exact) mass is 299 g/mol. The van der Waals surface area contributed by atoms with Crippen LogP contribution in [0.5, 0.6) is 0 Å². The summed E-state index contributed by atoms with van der Waals surface area (Å²) >= 11 is 0. The van der Waals surface area contributed by atoms with Gasteiger partial charge in [0.05, 0.1) is 6.61 Å². The minimum absolute atomic E-state index is 0.0743. The summed E-state index contributed by atoms with van der Waals surface area (Å²) in [6, 6.07) is -1.06. The maximum absolute atomic E-state index is 11.6. The van der Waals surface area contributed by atoms with Gasteiger partial charge in [0, 0.05) is 20.0 Å². The zero-order valence-corrected chi connectivity index (χ0v) is 12.5. The van der Waals surface area contributed by atoms with E-state index in [1.54, 1.807) is 20.9 Å². The van der Waals surface area contributed by atoms with Crippen LogP contribution >= 0.6 is 0 Å². The molecule has 1 saturated heterocycles. The van der Waals surface area contributed by atoms with Crippen molar-refractivity contribution in [2.24, 2.45) is 0 Å². The Morgan fingerprint density at radius 1 is 1.38 bits per heavy atom. The molecule has 0 aromatic carbocycles. The molecule has 1 aliphatic heterocycles. The molecule has 0 bridgehead atoms. The molecule has 1 fully saturated rings. The fraction of sp³-hybridized carbons (Fsp3) is 0.692. The summed E-state index contributed by atoms with van der Waals surface area (Å²) in [5, 5.41) is 2.51. The van der Waals surface area contributed by atoms with Crippen LogP contribution in [0.2, 0.25) is 0 Å². The fourth-order valence-corrected chi connectivity index (χ4v) is 1.93. The van der Waals surface area contributed by atoms with Gasteiger partial charge in [0.1, 0.15) is 12.6 Å². The quantitative estimate of drug-likeness (QED) is 0.515. The van der Waals surface area contributed by atoms with Crippen molar-refractivity contribution in [3.8, 4) is 0 Å². The standard InChI is InChI=1S/C13H21N3O5/c1-4-21-12(19)9(2)14-10(17)6-5-7-16-11(18)8-15(3)13(16)20/h9H,4-8H2,1-3H3,(H,14,17). The summed E-state index contributed by atoms with van der Waals surface area (Å²) in [6.45, 7) is 3.76. The normalized spacial score (nSPS) is 16.1. The van der Waals surface area contributed by atoms with Crippen molar-refractivity contribution < 1.29 is 23.9 Å². The molecule has 1 aliphatic rings. The van der Waals surface area contributed by atoms with Gasteiger partial charge >= 0.3 is 12.0 Å². The summed E-state index contributed by atoms with van der Waals surface area (Å²) in [4.78, 5) is 48.6. The summed E-state index contributed by atoms with van der Waals surface area (Å²) in [6.07, 6.45) is 0.483. The molecule has 0 aromatic rings. The van der Waals surface area contributed by atoms with Gasteiger partial charge in [-0.1, -0.05) is 0 Å². The van der Waals surface area contributed by atoms with Gasteiger partial charge in [-0.15, -0.1) is 0 Å². The first-order valence-electron chi connectivity index (χ1n) is 6.88. The first kappa shape index (κ1) is 16.9. The first-order valence-corrected chi connectivity index (χ1v) is 6.88. The predicted octanol–water partition coefficient (Wildman–Crippen LogP) is -0.272. The van der Waals surface area contributed by atoms with Crippen LogP contribution in [0.15, 0.2) is 0 Å². The highest BCUT2D eigenvalue weighted by atomic mass is 16.5. The highest BCUT2D eigenvalue weighted by Gasteiger charge is 2.32. The lowest BCUT2D eigenvalue weighted by atomic mass is 10.2. The van der Waals surface area contributed by atoms with Gasteiger partial charge in [0.2, 0.25) is 11.8 Å². The SMILES string of the molecule is CCOC(=O)C(C)NC(=O)CCCN1C(=O)CN(C)C1=O. The Kier molecular flexibility index (Phi) is 6.13. The Balaban J connectivity index is 2.29. The number of likely N-dealkylation sites (N-methyl/N-ethyl adjacent to an activating group) is 1. The van der Waals surface area contributed by atoms with Gasteiger partial charge < -0.3 is 15.0 Å². The van der Waals surface area contributed by atoms with E-state index in [-0.39, 0.29) is 44.0 Å². The van der Waals surface area contributed by atoms with Gasteiger partial charge in [0.25, 0.3) is 0 Å². The number of imide groups is 1. The van der Waals surface area contributed by atoms with E-state index in [1.807, 2.05) is 0 Å². The molecule has 1 unspecified atom stereocenters. The smallest absolute Gasteiger partial charge is 0.328 e. The average molecular weight is 299 g/mol. The van der Waals surface area contributed by atoms with Gasteiger partial charge in [-0.25, -0.2) is 9.59 Å². The molecule has 1 heterocycles. The Labute approximate surface area is 123 Å². The number of hydrogen-bond donors (Lipinski definition) is 1. The molecule has 0 aliphatic carbocycles. The van der Waals surface area contributed by atoms with E-state index in [9.17, 15) is 19.2 Å². The van der Waals surface area contributed by atoms with Crippen LogP contribution in [-0.2, 0) is 19.1 Å². The van der Waals surface area contributed by atoms with Crippen LogP contribution in [0.4, 0.5) is 4.79 Å². The molecule has 21 heavy (non-hydrogen) atoms. The molecule has 0 saturated carbocycles. The van der Waals surface area contributed by atoms with E-state index >= 15 is 0 Å². The van der Waals surface area contributed by atoms with E-state index < -0.39 is 12.0 Å². The topological polar surface area (TPSA) is 96.0 Å². The van der Waals surface area contributed by atoms with Crippen molar-refractivity contribution in [2.45, 2.75) is 32.7 Å². The minimum Gasteiger partial charge on any atom is -0.464 e. The van der Waals surface area contributed by atoms with Gasteiger partial charge in [-0.05, 0) is 20.3 Å². The van der Waals surface area contributed by atoms with Crippen LogP contribution in [0.1, 0.15) is 26.7 Å². The lowest BCUT2D eigenvalue weighted by Gasteiger charge is -2.15.